The quantitative estimate of drug-likeness (QED) is 0.726. The summed E-state index contributed by atoms with van der Waals surface area (Å²) in [6, 6.07) is 1.33. The number of carbonyl (C=O) groups is 1. The molecule has 4 heteroatoms. The molecule has 0 saturated heterocycles. The third-order valence-electron chi connectivity index (χ3n) is 1.27. The monoisotopic (exact) mass is 171 g/mol. The van der Waals surface area contributed by atoms with Gasteiger partial charge in [0.2, 0.25) is 0 Å². The third-order valence-corrected chi connectivity index (χ3v) is 1.96. The van der Waals surface area contributed by atoms with Gasteiger partial charge in [0.05, 0.1) is 0 Å². The predicted molar refractivity (Wildman–Crippen MR) is 45.0 cm³/mol. The molecular formula is C7H9NO2S. The van der Waals surface area contributed by atoms with E-state index in [1.807, 2.05) is 16.8 Å². The molecule has 11 heavy (non-hydrogen) atoms. The summed E-state index contributed by atoms with van der Waals surface area (Å²) < 4.78 is 0. The molecule has 1 rings (SSSR count). The molecule has 0 aliphatic carbocycles. The molecule has 1 atom stereocenters. The van der Waals surface area contributed by atoms with Gasteiger partial charge in [-0.2, -0.15) is 11.3 Å². The van der Waals surface area contributed by atoms with E-state index >= 15 is 0 Å². The Morgan fingerprint density at radius 3 is 3.00 bits per heavy atom. The Labute approximate surface area is 68.7 Å². The van der Waals surface area contributed by atoms with E-state index in [4.69, 9.17) is 5.11 Å². The molecule has 0 saturated carbocycles. The van der Waals surface area contributed by atoms with Crippen molar-refractivity contribution in [2.75, 3.05) is 5.32 Å². The van der Waals surface area contributed by atoms with Gasteiger partial charge < -0.3 is 10.4 Å². The Hall–Kier alpha value is -1.03. The molecule has 1 aromatic heterocycles. The second-order valence-corrected chi connectivity index (χ2v) is 3.00. The Morgan fingerprint density at radius 2 is 2.55 bits per heavy atom. The van der Waals surface area contributed by atoms with Gasteiger partial charge in [0.1, 0.15) is 6.04 Å². The van der Waals surface area contributed by atoms with Gasteiger partial charge in [-0.25, -0.2) is 0 Å². The van der Waals surface area contributed by atoms with Crippen molar-refractivity contribution in [3.8, 4) is 0 Å². The summed E-state index contributed by atoms with van der Waals surface area (Å²) in [6.45, 7) is 1.61. The van der Waals surface area contributed by atoms with Crippen LogP contribution in [0.15, 0.2) is 16.8 Å². The minimum Gasteiger partial charge on any atom is -0.480 e. The molecule has 0 unspecified atom stereocenters. The van der Waals surface area contributed by atoms with Crippen LogP contribution < -0.4 is 5.32 Å². The maximum atomic E-state index is 10.4. The highest BCUT2D eigenvalue weighted by Gasteiger charge is 2.09. The second kappa shape index (κ2) is 3.39. The van der Waals surface area contributed by atoms with Crippen LogP contribution in [0.1, 0.15) is 6.92 Å². The number of hydrogen-bond donors (Lipinski definition) is 2. The SMILES string of the molecule is C[C@@H](Nc1ccsc1)C(=O)O. The summed E-state index contributed by atoms with van der Waals surface area (Å²) in [6.07, 6.45) is 0. The fourth-order valence-electron chi connectivity index (χ4n) is 0.658. The van der Waals surface area contributed by atoms with Crippen molar-refractivity contribution in [2.45, 2.75) is 13.0 Å². The van der Waals surface area contributed by atoms with E-state index in [1.54, 1.807) is 6.92 Å². The Balaban J connectivity index is 2.50. The van der Waals surface area contributed by atoms with Gasteiger partial charge in [-0.1, -0.05) is 0 Å². The third kappa shape index (κ3) is 2.23. The highest BCUT2D eigenvalue weighted by Crippen LogP contribution is 2.12. The first-order valence-corrected chi connectivity index (χ1v) is 4.16. The summed E-state index contributed by atoms with van der Waals surface area (Å²) in [4.78, 5) is 10.4. The maximum absolute atomic E-state index is 10.4. The molecule has 0 bridgehead atoms. The standard InChI is InChI=1S/C7H9NO2S/c1-5(7(9)10)8-6-2-3-11-4-6/h2-5,8H,1H3,(H,9,10)/t5-/m1/s1. The van der Waals surface area contributed by atoms with E-state index in [0.29, 0.717) is 0 Å². The first kappa shape index (κ1) is 8.07. The lowest BCUT2D eigenvalue weighted by molar-refractivity contribution is -0.137. The summed E-state index contributed by atoms with van der Waals surface area (Å²) >= 11 is 1.54. The molecule has 1 heterocycles. The number of carboxylic acid groups (broad SMARTS) is 1. The summed E-state index contributed by atoms with van der Waals surface area (Å²) in [5.41, 5.74) is 0.866. The van der Waals surface area contributed by atoms with E-state index in [-0.39, 0.29) is 0 Å². The van der Waals surface area contributed by atoms with Crippen molar-refractivity contribution in [2.24, 2.45) is 0 Å². The molecule has 0 aliphatic rings. The van der Waals surface area contributed by atoms with E-state index in [0.717, 1.165) is 5.69 Å². The van der Waals surface area contributed by atoms with E-state index in [9.17, 15) is 4.79 Å². The normalized spacial score (nSPS) is 12.5. The van der Waals surface area contributed by atoms with E-state index in [1.165, 1.54) is 11.3 Å². The van der Waals surface area contributed by atoms with Crippen LogP contribution in [0.2, 0.25) is 0 Å². The fourth-order valence-corrected chi connectivity index (χ4v) is 1.26. The van der Waals surface area contributed by atoms with Gasteiger partial charge in [0, 0.05) is 11.1 Å². The van der Waals surface area contributed by atoms with Crippen LogP contribution in [-0.2, 0) is 4.79 Å². The average Bonchev–Trinajstić information content (AvgIpc) is 2.39. The summed E-state index contributed by atoms with van der Waals surface area (Å²) in [7, 11) is 0. The van der Waals surface area contributed by atoms with Crippen molar-refractivity contribution >= 4 is 23.0 Å². The van der Waals surface area contributed by atoms with E-state index in [2.05, 4.69) is 5.32 Å². The lowest BCUT2D eigenvalue weighted by Gasteiger charge is -2.07. The smallest absolute Gasteiger partial charge is 0.325 e. The largest absolute Gasteiger partial charge is 0.480 e. The van der Waals surface area contributed by atoms with Gasteiger partial charge in [0.15, 0.2) is 0 Å². The number of rotatable bonds is 3. The number of aliphatic carboxylic acids is 1. The summed E-state index contributed by atoms with van der Waals surface area (Å²) in [5, 5.41) is 15.1. The first-order valence-electron chi connectivity index (χ1n) is 3.21. The van der Waals surface area contributed by atoms with Crippen molar-refractivity contribution in [3.63, 3.8) is 0 Å². The molecule has 3 nitrogen and oxygen atoms in total. The molecule has 0 fully saturated rings. The minimum atomic E-state index is -0.837. The maximum Gasteiger partial charge on any atom is 0.325 e. The number of carboxylic acids is 1. The summed E-state index contributed by atoms with van der Waals surface area (Å²) in [5.74, 6) is -0.837. The Bertz CT molecular complexity index is 233. The van der Waals surface area contributed by atoms with Crippen LogP contribution in [-0.4, -0.2) is 17.1 Å². The van der Waals surface area contributed by atoms with Crippen LogP contribution >= 0.6 is 11.3 Å². The van der Waals surface area contributed by atoms with Gasteiger partial charge in [0.25, 0.3) is 0 Å². The van der Waals surface area contributed by atoms with Gasteiger partial charge in [-0.05, 0) is 18.4 Å². The molecule has 2 N–H and O–H groups in total. The lowest BCUT2D eigenvalue weighted by Crippen LogP contribution is -2.24. The number of nitrogens with one attached hydrogen (secondary N) is 1. The minimum absolute atomic E-state index is 0.524. The predicted octanol–water partition coefficient (Wildman–Crippen LogP) is 1.63. The highest BCUT2D eigenvalue weighted by atomic mass is 32.1. The zero-order chi connectivity index (χ0) is 8.27. The molecule has 60 valence electrons. The Morgan fingerprint density at radius 1 is 1.82 bits per heavy atom. The van der Waals surface area contributed by atoms with E-state index < -0.39 is 12.0 Å². The van der Waals surface area contributed by atoms with Crippen LogP contribution in [0.4, 0.5) is 5.69 Å². The molecule has 0 aromatic carbocycles. The number of anilines is 1. The zero-order valence-electron chi connectivity index (χ0n) is 6.07. The second-order valence-electron chi connectivity index (χ2n) is 2.22. The van der Waals surface area contributed by atoms with Crippen molar-refractivity contribution in [1.82, 2.24) is 0 Å². The van der Waals surface area contributed by atoms with Crippen LogP contribution in [0.25, 0.3) is 0 Å². The highest BCUT2D eigenvalue weighted by molar-refractivity contribution is 7.08. The first-order chi connectivity index (χ1) is 5.20. The van der Waals surface area contributed by atoms with Crippen LogP contribution in [0.3, 0.4) is 0 Å². The van der Waals surface area contributed by atoms with Crippen molar-refractivity contribution in [3.05, 3.63) is 16.8 Å². The lowest BCUT2D eigenvalue weighted by atomic mass is 10.3. The topological polar surface area (TPSA) is 49.3 Å². The number of hydrogen-bond acceptors (Lipinski definition) is 3. The van der Waals surface area contributed by atoms with Crippen LogP contribution in [0, 0.1) is 0 Å². The molecule has 0 aliphatic heterocycles. The molecule has 1 aromatic rings. The average molecular weight is 171 g/mol. The molecule has 0 radical (unpaired) electrons. The molecule has 0 spiro atoms. The Kier molecular flexibility index (Phi) is 2.48. The zero-order valence-corrected chi connectivity index (χ0v) is 6.89. The van der Waals surface area contributed by atoms with Gasteiger partial charge in [-0.3, -0.25) is 4.79 Å². The van der Waals surface area contributed by atoms with Crippen molar-refractivity contribution in [1.29, 1.82) is 0 Å². The number of thiophene rings is 1. The van der Waals surface area contributed by atoms with Crippen molar-refractivity contribution < 1.29 is 9.90 Å². The molecular weight excluding hydrogens is 162 g/mol. The fraction of sp³-hybridized carbons (Fsp3) is 0.286. The van der Waals surface area contributed by atoms with Gasteiger partial charge in [-0.15, -0.1) is 0 Å². The van der Waals surface area contributed by atoms with Crippen LogP contribution in [0.5, 0.6) is 0 Å². The van der Waals surface area contributed by atoms with Gasteiger partial charge >= 0.3 is 5.97 Å². The molecule has 0 amide bonds.